The second kappa shape index (κ2) is 8.49. The highest BCUT2D eigenvalue weighted by Gasteiger charge is 2.14. The number of nitro groups is 1. The average molecular weight is 393 g/mol. The van der Waals surface area contributed by atoms with Crippen LogP contribution in [0, 0.1) is 24.0 Å². The molecule has 142 valence electrons. The molecule has 0 spiro atoms. The van der Waals surface area contributed by atoms with Gasteiger partial charge in [-0.3, -0.25) is 10.1 Å². The van der Waals surface area contributed by atoms with Crippen LogP contribution in [0.3, 0.4) is 0 Å². The van der Waals surface area contributed by atoms with E-state index in [9.17, 15) is 10.1 Å². The first kappa shape index (κ1) is 19.3. The van der Waals surface area contributed by atoms with Gasteiger partial charge in [-0.15, -0.1) is 0 Å². The molecule has 6 nitrogen and oxygen atoms in total. The molecule has 3 aromatic carbocycles. The Bertz CT molecular complexity index is 1010. The van der Waals surface area contributed by atoms with E-state index in [1.807, 2.05) is 61.5 Å². The summed E-state index contributed by atoms with van der Waals surface area (Å²) in [6.45, 7) is 3.59. The lowest BCUT2D eigenvalue weighted by molar-refractivity contribution is -0.385. The Kier molecular flexibility index (Phi) is 5.86. The summed E-state index contributed by atoms with van der Waals surface area (Å²) in [5.74, 6) is 1.47. The highest BCUT2D eigenvalue weighted by atomic mass is 32.1. The fraction of sp³-hybridized carbons (Fsp3) is 0.0952. The molecule has 0 aliphatic rings. The first-order valence-corrected chi connectivity index (χ1v) is 9.00. The highest BCUT2D eigenvalue weighted by Crippen LogP contribution is 2.27. The summed E-state index contributed by atoms with van der Waals surface area (Å²) < 4.78 is 5.76. The van der Waals surface area contributed by atoms with Crippen LogP contribution in [-0.2, 0) is 0 Å². The molecule has 0 atom stereocenters. The van der Waals surface area contributed by atoms with Gasteiger partial charge in [-0.05, 0) is 74.1 Å². The fourth-order valence-corrected chi connectivity index (χ4v) is 2.92. The lowest BCUT2D eigenvalue weighted by atomic mass is 10.1. The van der Waals surface area contributed by atoms with E-state index in [4.69, 9.17) is 17.0 Å². The normalized spacial score (nSPS) is 10.2. The molecule has 0 heterocycles. The maximum Gasteiger partial charge on any atom is 0.274 e. The Morgan fingerprint density at radius 3 is 2.21 bits per heavy atom. The van der Waals surface area contributed by atoms with E-state index in [1.165, 1.54) is 6.07 Å². The number of ether oxygens (including phenoxy) is 1. The third kappa shape index (κ3) is 4.83. The number of nitrogens with one attached hydrogen (secondary N) is 2. The number of hydrogen-bond donors (Lipinski definition) is 2. The summed E-state index contributed by atoms with van der Waals surface area (Å²) in [7, 11) is 0. The van der Waals surface area contributed by atoms with Crippen molar-refractivity contribution in [3.05, 3.63) is 88.0 Å². The van der Waals surface area contributed by atoms with Crippen molar-refractivity contribution >= 4 is 34.4 Å². The van der Waals surface area contributed by atoms with Gasteiger partial charge < -0.3 is 15.4 Å². The van der Waals surface area contributed by atoms with E-state index in [-0.39, 0.29) is 5.69 Å². The van der Waals surface area contributed by atoms with E-state index in [2.05, 4.69) is 10.6 Å². The molecule has 0 saturated heterocycles. The summed E-state index contributed by atoms with van der Waals surface area (Å²) in [5.41, 5.74) is 2.91. The molecular weight excluding hydrogens is 374 g/mol. The SMILES string of the molecule is Cc1cc(C)c([N+](=O)[O-])cc1NC(=S)Nc1ccc(Oc2ccccc2)cc1. The Morgan fingerprint density at radius 2 is 1.57 bits per heavy atom. The first-order chi connectivity index (χ1) is 13.4. The van der Waals surface area contributed by atoms with Gasteiger partial charge in [0.1, 0.15) is 11.5 Å². The number of rotatable bonds is 5. The molecule has 7 heteroatoms. The quantitative estimate of drug-likeness (QED) is 0.323. The second-order valence-electron chi connectivity index (χ2n) is 6.23. The Balaban J connectivity index is 1.65. The van der Waals surface area contributed by atoms with Crippen LogP contribution in [-0.4, -0.2) is 10.0 Å². The third-order valence-electron chi connectivity index (χ3n) is 4.08. The second-order valence-corrected chi connectivity index (χ2v) is 6.64. The van der Waals surface area contributed by atoms with Crippen molar-refractivity contribution < 1.29 is 9.66 Å². The minimum absolute atomic E-state index is 0.0540. The minimum Gasteiger partial charge on any atom is -0.457 e. The van der Waals surface area contributed by atoms with Crippen molar-refractivity contribution in [2.75, 3.05) is 10.6 Å². The zero-order chi connectivity index (χ0) is 20.1. The fourth-order valence-electron chi connectivity index (χ4n) is 2.69. The highest BCUT2D eigenvalue weighted by molar-refractivity contribution is 7.80. The summed E-state index contributed by atoms with van der Waals surface area (Å²) in [6.07, 6.45) is 0. The molecule has 0 bridgehead atoms. The van der Waals surface area contributed by atoms with Crippen molar-refractivity contribution in [2.45, 2.75) is 13.8 Å². The molecule has 0 aromatic heterocycles. The largest absolute Gasteiger partial charge is 0.457 e. The van der Waals surface area contributed by atoms with Crippen molar-refractivity contribution in [3.8, 4) is 11.5 Å². The van der Waals surface area contributed by atoms with Gasteiger partial charge in [-0.25, -0.2) is 0 Å². The van der Waals surface area contributed by atoms with Crippen LogP contribution in [0.25, 0.3) is 0 Å². The van der Waals surface area contributed by atoms with Crippen LogP contribution in [0.5, 0.6) is 11.5 Å². The molecule has 0 radical (unpaired) electrons. The van der Waals surface area contributed by atoms with E-state index >= 15 is 0 Å². The van der Waals surface area contributed by atoms with Gasteiger partial charge in [0.05, 0.1) is 10.6 Å². The van der Waals surface area contributed by atoms with Gasteiger partial charge in [0.15, 0.2) is 5.11 Å². The van der Waals surface area contributed by atoms with Crippen LogP contribution in [0.1, 0.15) is 11.1 Å². The number of nitro benzene ring substituents is 1. The molecular formula is C21H19N3O3S. The van der Waals surface area contributed by atoms with Gasteiger partial charge in [0.2, 0.25) is 0 Å². The number of thiocarbonyl (C=S) groups is 1. The van der Waals surface area contributed by atoms with Crippen molar-refractivity contribution in [2.24, 2.45) is 0 Å². The van der Waals surface area contributed by atoms with Crippen LogP contribution in [0.15, 0.2) is 66.7 Å². The van der Waals surface area contributed by atoms with Gasteiger partial charge in [0, 0.05) is 17.3 Å². The summed E-state index contributed by atoms with van der Waals surface area (Å²) in [5, 5.41) is 17.6. The molecule has 2 N–H and O–H groups in total. The van der Waals surface area contributed by atoms with E-state index in [1.54, 1.807) is 13.0 Å². The number of anilines is 2. The Labute approximate surface area is 168 Å². The summed E-state index contributed by atoms with van der Waals surface area (Å²) >= 11 is 5.33. The van der Waals surface area contributed by atoms with Crippen molar-refractivity contribution in [1.29, 1.82) is 0 Å². The Morgan fingerprint density at radius 1 is 0.929 bits per heavy atom. The number of aryl methyl sites for hydroxylation is 2. The molecule has 3 aromatic rings. The monoisotopic (exact) mass is 393 g/mol. The van der Waals surface area contributed by atoms with Crippen LogP contribution in [0.2, 0.25) is 0 Å². The molecule has 0 aliphatic carbocycles. The molecule has 28 heavy (non-hydrogen) atoms. The first-order valence-electron chi connectivity index (χ1n) is 8.59. The van der Waals surface area contributed by atoms with Crippen LogP contribution in [0.4, 0.5) is 17.1 Å². The number of benzene rings is 3. The van der Waals surface area contributed by atoms with E-state index < -0.39 is 4.92 Å². The van der Waals surface area contributed by atoms with E-state index in [0.29, 0.717) is 22.1 Å². The molecule has 0 aliphatic heterocycles. The lowest BCUT2D eigenvalue weighted by Crippen LogP contribution is -2.19. The van der Waals surface area contributed by atoms with E-state index in [0.717, 1.165) is 17.0 Å². The van der Waals surface area contributed by atoms with Gasteiger partial charge in [0.25, 0.3) is 5.69 Å². The lowest BCUT2D eigenvalue weighted by Gasteiger charge is -2.14. The predicted octanol–water partition coefficient (Wildman–Crippen LogP) is 5.81. The van der Waals surface area contributed by atoms with Gasteiger partial charge in [-0.1, -0.05) is 18.2 Å². The summed E-state index contributed by atoms with van der Waals surface area (Å²) in [6, 6.07) is 20.1. The molecule has 0 amide bonds. The Hall–Kier alpha value is -3.45. The maximum absolute atomic E-state index is 11.1. The smallest absolute Gasteiger partial charge is 0.274 e. The number of para-hydroxylation sites is 1. The zero-order valence-electron chi connectivity index (χ0n) is 15.4. The minimum atomic E-state index is -0.401. The zero-order valence-corrected chi connectivity index (χ0v) is 16.2. The third-order valence-corrected chi connectivity index (χ3v) is 4.28. The molecule has 3 rings (SSSR count). The topological polar surface area (TPSA) is 76.4 Å². The van der Waals surface area contributed by atoms with Crippen molar-refractivity contribution in [3.63, 3.8) is 0 Å². The maximum atomic E-state index is 11.1. The van der Waals surface area contributed by atoms with Gasteiger partial charge >= 0.3 is 0 Å². The number of hydrogen-bond acceptors (Lipinski definition) is 4. The predicted molar refractivity (Wildman–Crippen MR) is 115 cm³/mol. The van der Waals surface area contributed by atoms with Gasteiger partial charge in [-0.2, -0.15) is 0 Å². The average Bonchev–Trinajstić information content (AvgIpc) is 2.66. The number of nitrogens with zero attached hydrogens (tertiary/aromatic N) is 1. The summed E-state index contributed by atoms with van der Waals surface area (Å²) in [4.78, 5) is 10.7. The molecule has 0 unspecified atom stereocenters. The molecule has 0 fully saturated rings. The standard InChI is InChI=1S/C21H19N3O3S/c1-14-12-15(2)20(24(25)26)13-19(14)23-21(28)22-16-8-10-18(11-9-16)27-17-6-4-3-5-7-17/h3-13H,1-2H3,(H2,22,23,28). The van der Waals surface area contributed by atoms with Crippen molar-refractivity contribution in [1.82, 2.24) is 0 Å². The van der Waals surface area contributed by atoms with Crippen LogP contribution >= 0.6 is 12.2 Å². The van der Waals surface area contributed by atoms with Crippen LogP contribution < -0.4 is 15.4 Å². The molecule has 0 saturated carbocycles.